The van der Waals surface area contributed by atoms with Crippen molar-refractivity contribution in [2.75, 3.05) is 26.8 Å². The van der Waals surface area contributed by atoms with Crippen LogP contribution in [0.3, 0.4) is 0 Å². The number of carbonyl (C=O) groups is 1. The molecule has 0 aliphatic heterocycles. The zero-order valence-electron chi connectivity index (χ0n) is 10.7. The van der Waals surface area contributed by atoms with Gasteiger partial charge in [-0.05, 0) is 11.4 Å². The van der Waals surface area contributed by atoms with Gasteiger partial charge in [0.25, 0.3) is 0 Å². The van der Waals surface area contributed by atoms with Crippen LogP contribution in [0, 0.1) is 0 Å². The number of urea groups is 1. The Bertz CT molecular complexity index is 343. The summed E-state index contributed by atoms with van der Waals surface area (Å²) in [7, 11) is 1.51. The van der Waals surface area contributed by atoms with Gasteiger partial charge in [0.1, 0.15) is 0 Å². The maximum absolute atomic E-state index is 11.5. The lowest BCUT2D eigenvalue weighted by atomic mass is 10.1. The monoisotopic (exact) mass is 272 g/mol. The summed E-state index contributed by atoms with van der Waals surface area (Å²) in [4.78, 5) is 12.7. The molecular weight excluding hydrogens is 252 g/mol. The van der Waals surface area contributed by atoms with Crippen molar-refractivity contribution in [3.63, 3.8) is 0 Å². The van der Waals surface area contributed by atoms with E-state index in [-0.39, 0.29) is 19.2 Å². The number of rotatable bonds is 7. The molecule has 5 nitrogen and oxygen atoms in total. The highest BCUT2D eigenvalue weighted by atomic mass is 32.1. The van der Waals surface area contributed by atoms with E-state index in [9.17, 15) is 9.90 Å². The van der Waals surface area contributed by atoms with Crippen LogP contribution in [0.4, 0.5) is 4.79 Å². The Balaban J connectivity index is 2.17. The average molecular weight is 272 g/mol. The second-order valence-corrected chi connectivity index (χ2v) is 5.10. The number of hydrogen-bond acceptors (Lipinski definition) is 4. The van der Waals surface area contributed by atoms with Crippen molar-refractivity contribution in [1.29, 1.82) is 0 Å². The van der Waals surface area contributed by atoms with Crippen LogP contribution >= 0.6 is 11.3 Å². The number of amides is 2. The van der Waals surface area contributed by atoms with Crippen molar-refractivity contribution < 1.29 is 14.6 Å². The van der Waals surface area contributed by atoms with Crippen LogP contribution in [0.25, 0.3) is 0 Å². The van der Waals surface area contributed by atoms with E-state index in [2.05, 4.69) is 23.6 Å². The molecule has 102 valence electrons. The molecule has 0 aliphatic carbocycles. The number of nitrogens with one attached hydrogen (secondary N) is 2. The van der Waals surface area contributed by atoms with Crippen molar-refractivity contribution in [1.82, 2.24) is 10.6 Å². The van der Waals surface area contributed by atoms with E-state index in [0.29, 0.717) is 12.5 Å². The summed E-state index contributed by atoms with van der Waals surface area (Å²) in [5, 5.41) is 16.7. The molecule has 1 heterocycles. The fourth-order valence-electron chi connectivity index (χ4n) is 1.44. The van der Waals surface area contributed by atoms with E-state index in [4.69, 9.17) is 4.74 Å². The third-order valence-corrected chi connectivity index (χ3v) is 3.56. The van der Waals surface area contributed by atoms with E-state index >= 15 is 0 Å². The molecule has 2 atom stereocenters. The summed E-state index contributed by atoms with van der Waals surface area (Å²) in [6.07, 6.45) is -0.671. The zero-order chi connectivity index (χ0) is 13.4. The Morgan fingerprint density at radius 2 is 2.22 bits per heavy atom. The van der Waals surface area contributed by atoms with Crippen molar-refractivity contribution in [3.8, 4) is 0 Å². The van der Waals surface area contributed by atoms with Gasteiger partial charge in [-0.2, -0.15) is 0 Å². The van der Waals surface area contributed by atoms with Crippen molar-refractivity contribution in [2.24, 2.45) is 0 Å². The molecule has 0 fully saturated rings. The lowest BCUT2D eigenvalue weighted by molar-refractivity contribution is 0.0660. The van der Waals surface area contributed by atoms with Crippen LogP contribution in [0.1, 0.15) is 17.7 Å². The fraction of sp³-hybridized carbons (Fsp3) is 0.583. The summed E-state index contributed by atoms with van der Waals surface area (Å²) >= 11 is 1.68. The summed E-state index contributed by atoms with van der Waals surface area (Å²) in [6.45, 7) is 3.04. The Morgan fingerprint density at radius 3 is 2.83 bits per heavy atom. The number of thiophene rings is 1. The van der Waals surface area contributed by atoms with E-state index in [1.165, 1.54) is 12.0 Å². The Kier molecular flexibility index (Phi) is 6.70. The SMILES string of the molecule is COCC(O)CNC(=O)NCC(C)c1cccs1. The van der Waals surface area contributed by atoms with Gasteiger partial charge in [-0.3, -0.25) is 0 Å². The van der Waals surface area contributed by atoms with Crippen LogP contribution in [0.5, 0.6) is 0 Å². The first kappa shape index (κ1) is 14.9. The number of aliphatic hydroxyl groups is 1. The van der Waals surface area contributed by atoms with Gasteiger partial charge in [-0.15, -0.1) is 11.3 Å². The van der Waals surface area contributed by atoms with Gasteiger partial charge in [0.05, 0.1) is 12.7 Å². The molecule has 1 aromatic rings. The minimum Gasteiger partial charge on any atom is -0.389 e. The molecular formula is C12H20N2O3S. The van der Waals surface area contributed by atoms with Crippen LogP contribution in [-0.4, -0.2) is 44.0 Å². The summed E-state index contributed by atoms with van der Waals surface area (Å²) in [5.41, 5.74) is 0. The normalized spacial score (nSPS) is 13.9. The van der Waals surface area contributed by atoms with Crippen molar-refractivity contribution in [3.05, 3.63) is 22.4 Å². The first-order valence-corrected chi connectivity index (χ1v) is 6.73. The molecule has 2 amide bonds. The second kappa shape index (κ2) is 8.07. The van der Waals surface area contributed by atoms with Gasteiger partial charge in [-0.25, -0.2) is 4.79 Å². The minimum absolute atomic E-state index is 0.188. The van der Waals surface area contributed by atoms with Gasteiger partial charge < -0.3 is 20.5 Å². The molecule has 0 radical (unpaired) electrons. The number of carbonyl (C=O) groups excluding carboxylic acids is 1. The van der Waals surface area contributed by atoms with E-state index in [1.54, 1.807) is 11.3 Å². The van der Waals surface area contributed by atoms with Gasteiger partial charge in [0, 0.05) is 31.0 Å². The smallest absolute Gasteiger partial charge is 0.314 e. The van der Waals surface area contributed by atoms with Gasteiger partial charge >= 0.3 is 6.03 Å². The zero-order valence-corrected chi connectivity index (χ0v) is 11.5. The highest BCUT2D eigenvalue weighted by Gasteiger charge is 2.09. The number of methoxy groups -OCH3 is 1. The van der Waals surface area contributed by atoms with E-state index < -0.39 is 6.10 Å². The van der Waals surface area contributed by atoms with E-state index in [1.807, 2.05) is 11.4 Å². The molecule has 1 rings (SSSR count). The molecule has 0 bridgehead atoms. The van der Waals surface area contributed by atoms with Gasteiger partial charge in [0.15, 0.2) is 0 Å². The first-order chi connectivity index (χ1) is 8.63. The molecule has 0 aromatic carbocycles. The molecule has 0 spiro atoms. The second-order valence-electron chi connectivity index (χ2n) is 4.12. The standard InChI is InChI=1S/C12H20N2O3S/c1-9(11-4-3-5-18-11)6-13-12(16)14-7-10(15)8-17-2/h3-5,9-10,15H,6-8H2,1-2H3,(H2,13,14,16). The molecule has 0 saturated carbocycles. The van der Waals surface area contributed by atoms with Crippen molar-refractivity contribution in [2.45, 2.75) is 18.9 Å². The van der Waals surface area contributed by atoms with Gasteiger partial charge in [0.2, 0.25) is 0 Å². The topological polar surface area (TPSA) is 70.6 Å². The Morgan fingerprint density at radius 1 is 1.50 bits per heavy atom. The fourth-order valence-corrected chi connectivity index (χ4v) is 2.23. The summed E-state index contributed by atoms with van der Waals surface area (Å²) in [5.74, 6) is 0.291. The van der Waals surface area contributed by atoms with Crippen LogP contribution in [-0.2, 0) is 4.74 Å². The Labute approximate surface area is 111 Å². The molecule has 6 heteroatoms. The summed E-state index contributed by atoms with van der Waals surface area (Å²) < 4.78 is 4.76. The van der Waals surface area contributed by atoms with Crippen LogP contribution in [0.2, 0.25) is 0 Å². The molecule has 18 heavy (non-hydrogen) atoms. The van der Waals surface area contributed by atoms with E-state index in [0.717, 1.165) is 0 Å². The minimum atomic E-state index is -0.671. The maximum Gasteiger partial charge on any atom is 0.314 e. The lowest BCUT2D eigenvalue weighted by Crippen LogP contribution is -2.41. The first-order valence-electron chi connectivity index (χ1n) is 5.85. The number of hydrogen-bond donors (Lipinski definition) is 3. The van der Waals surface area contributed by atoms with Crippen molar-refractivity contribution >= 4 is 17.4 Å². The lowest BCUT2D eigenvalue weighted by Gasteiger charge is -2.14. The highest BCUT2D eigenvalue weighted by molar-refractivity contribution is 7.10. The molecule has 0 aliphatic rings. The molecule has 2 unspecified atom stereocenters. The Hall–Kier alpha value is -1.11. The highest BCUT2D eigenvalue weighted by Crippen LogP contribution is 2.19. The molecule has 0 saturated heterocycles. The third-order valence-electron chi connectivity index (χ3n) is 2.45. The number of ether oxygens (including phenoxy) is 1. The third kappa shape index (κ3) is 5.48. The summed E-state index contributed by atoms with van der Waals surface area (Å²) in [6, 6.07) is 3.78. The van der Waals surface area contributed by atoms with Crippen LogP contribution in [0.15, 0.2) is 17.5 Å². The predicted molar refractivity (Wildman–Crippen MR) is 72.0 cm³/mol. The van der Waals surface area contributed by atoms with Crippen LogP contribution < -0.4 is 10.6 Å². The molecule has 3 N–H and O–H groups in total. The average Bonchev–Trinajstić information content (AvgIpc) is 2.87. The number of aliphatic hydroxyl groups excluding tert-OH is 1. The molecule has 1 aromatic heterocycles. The maximum atomic E-state index is 11.5. The predicted octanol–water partition coefficient (Wildman–Crippen LogP) is 1.16. The largest absolute Gasteiger partial charge is 0.389 e. The quantitative estimate of drug-likeness (QED) is 0.697. The van der Waals surface area contributed by atoms with Gasteiger partial charge in [-0.1, -0.05) is 13.0 Å².